The molecule has 0 spiro atoms. The van der Waals surface area contributed by atoms with Crippen LogP contribution in [0.4, 0.5) is 10.1 Å². The summed E-state index contributed by atoms with van der Waals surface area (Å²) in [6.45, 7) is -0.851. The Morgan fingerprint density at radius 2 is 2.04 bits per heavy atom. The number of hydroxylamine groups is 1. The molecule has 1 aromatic heterocycles. The zero-order chi connectivity index (χ0) is 20.0. The van der Waals surface area contributed by atoms with Crippen molar-refractivity contribution < 1.29 is 29.0 Å². The number of aryl methyl sites for hydroxylation is 1. The first kappa shape index (κ1) is 21.3. The molecule has 2 aromatic rings. The first-order chi connectivity index (χ1) is 12.9. The van der Waals surface area contributed by atoms with Crippen molar-refractivity contribution in [2.24, 2.45) is 7.05 Å². The van der Waals surface area contributed by atoms with Gasteiger partial charge in [-0.25, -0.2) is 9.23 Å². The van der Waals surface area contributed by atoms with Crippen LogP contribution in [0.1, 0.15) is 27.3 Å². The minimum Gasteiger partial charge on any atom is -0.396 e. The summed E-state index contributed by atoms with van der Waals surface area (Å²) in [5.74, 6) is -1.59. The van der Waals surface area contributed by atoms with Gasteiger partial charge in [0.25, 0.3) is 5.91 Å². The fraction of sp³-hybridized carbons (Fsp3) is 0.294. The number of carbonyl (C=O) groups excluding carboxylic acids is 2. The van der Waals surface area contributed by atoms with E-state index in [-0.39, 0.29) is 49.0 Å². The van der Waals surface area contributed by atoms with Crippen molar-refractivity contribution in [1.82, 2.24) is 9.74 Å². The predicted molar refractivity (Wildman–Crippen MR) is 103 cm³/mol. The number of hydrogen-bond donors (Lipinski definition) is 3. The van der Waals surface area contributed by atoms with Crippen LogP contribution >= 0.6 is 22.6 Å². The maximum atomic E-state index is 14.1. The van der Waals surface area contributed by atoms with E-state index in [0.29, 0.717) is 8.74 Å². The number of Topliss-reactive ketones (excluding diaryl/α,β-unsaturated/α-hetero) is 1. The molecule has 10 heteroatoms. The van der Waals surface area contributed by atoms with Gasteiger partial charge in [-0.05, 0) is 46.9 Å². The maximum Gasteiger partial charge on any atom is 0.298 e. The Balaban J connectivity index is 2.26. The van der Waals surface area contributed by atoms with Gasteiger partial charge in [0.1, 0.15) is 12.4 Å². The molecule has 0 fully saturated rings. The number of aliphatic hydroxyl groups is 2. The molecule has 0 bridgehead atoms. The molecule has 0 saturated heterocycles. The number of rotatable bonds is 9. The average Bonchev–Trinajstić information content (AvgIpc) is 3.02. The molecule has 1 heterocycles. The fourth-order valence-corrected chi connectivity index (χ4v) is 2.72. The number of anilines is 1. The van der Waals surface area contributed by atoms with Crippen LogP contribution in [0, 0.1) is 9.39 Å². The Labute approximate surface area is 168 Å². The number of hydrogen-bond acceptors (Lipinski definition) is 6. The second-order valence-corrected chi connectivity index (χ2v) is 6.76. The molecule has 27 heavy (non-hydrogen) atoms. The van der Waals surface area contributed by atoms with Crippen molar-refractivity contribution in [3.8, 4) is 0 Å². The van der Waals surface area contributed by atoms with Crippen molar-refractivity contribution in [3.05, 3.63) is 51.1 Å². The van der Waals surface area contributed by atoms with Crippen LogP contribution < -0.4 is 5.43 Å². The molecule has 0 radical (unpaired) electrons. The second-order valence-electron chi connectivity index (χ2n) is 5.51. The molecule has 3 N–H and O–H groups in total. The monoisotopic (exact) mass is 491 g/mol. The largest absolute Gasteiger partial charge is 0.396 e. The lowest BCUT2D eigenvalue weighted by atomic mass is 10.2. The summed E-state index contributed by atoms with van der Waals surface area (Å²) in [6.07, 6.45) is 1.36. The second kappa shape index (κ2) is 9.78. The standard InChI is InChI=1S/C17H19FIN3O5/c1-21-10-11(8-15(21)16(25)4-5-23)17(26)22(27-7-6-24)20-14-3-2-12(19)9-13(14)18/h2-3,8-10,20,23-24H,4-7H2,1H3. The van der Waals surface area contributed by atoms with Crippen LogP contribution in [-0.2, 0) is 11.9 Å². The number of hydrazine groups is 1. The van der Waals surface area contributed by atoms with Gasteiger partial charge in [0.05, 0.1) is 30.2 Å². The lowest BCUT2D eigenvalue weighted by Gasteiger charge is -2.22. The molecule has 8 nitrogen and oxygen atoms in total. The SMILES string of the molecule is Cn1cc(C(=O)N(Nc2ccc(I)cc2F)OCCO)cc1C(=O)CCO. The normalized spacial score (nSPS) is 10.7. The highest BCUT2D eigenvalue weighted by molar-refractivity contribution is 14.1. The van der Waals surface area contributed by atoms with E-state index < -0.39 is 11.7 Å². The summed E-state index contributed by atoms with van der Waals surface area (Å²) in [4.78, 5) is 29.9. The van der Waals surface area contributed by atoms with Crippen LogP contribution in [0.15, 0.2) is 30.5 Å². The van der Waals surface area contributed by atoms with Gasteiger partial charge in [-0.15, -0.1) is 5.17 Å². The van der Waals surface area contributed by atoms with Crippen molar-refractivity contribution in [1.29, 1.82) is 0 Å². The van der Waals surface area contributed by atoms with Gasteiger partial charge in [-0.1, -0.05) is 0 Å². The van der Waals surface area contributed by atoms with E-state index in [0.717, 1.165) is 0 Å². The van der Waals surface area contributed by atoms with Gasteiger partial charge in [-0.2, -0.15) is 0 Å². The Morgan fingerprint density at radius 1 is 1.30 bits per heavy atom. The van der Waals surface area contributed by atoms with Gasteiger partial charge in [-0.3, -0.25) is 15.0 Å². The fourth-order valence-electron chi connectivity index (χ4n) is 2.27. The van der Waals surface area contributed by atoms with E-state index in [2.05, 4.69) is 5.43 Å². The molecular formula is C17H19FIN3O5. The minimum atomic E-state index is -0.681. The smallest absolute Gasteiger partial charge is 0.298 e. The number of halogens is 2. The van der Waals surface area contributed by atoms with Crippen molar-refractivity contribution >= 4 is 40.0 Å². The van der Waals surface area contributed by atoms with E-state index in [1.807, 2.05) is 22.6 Å². The van der Waals surface area contributed by atoms with Crippen LogP contribution in [0.3, 0.4) is 0 Å². The molecule has 0 aliphatic carbocycles. The summed E-state index contributed by atoms with van der Waals surface area (Å²) in [5.41, 5.74) is 2.90. The molecule has 1 amide bonds. The lowest BCUT2D eigenvalue weighted by Crippen LogP contribution is -2.37. The van der Waals surface area contributed by atoms with Crippen LogP contribution in [0.5, 0.6) is 0 Å². The van der Waals surface area contributed by atoms with Crippen molar-refractivity contribution in [3.63, 3.8) is 0 Å². The Morgan fingerprint density at radius 3 is 2.67 bits per heavy atom. The van der Waals surface area contributed by atoms with E-state index in [9.17, 15) is 14.0 Å². The Bertz CT molecular complexity index is 827. The summed E-state index contributed by atoms with van der Waals surface area (Å²) >= 11 is 1.96. The lowest BCUT2D eigenvalue weighted by molar-refractivity contribution is -0.115. The quantitative estimate of drug-likeness (QED) is 0.281. The summed E-state index contributed by atoms with van der Waals surface area (Å²) in [7, 11) is 1.59. The highest BCUT2D eigenvalue weighted by atomic mass is 127. The number of ketones is 1. The van der Waals surface area contributed by atoms with Crippen LogP contribution in [0.25, 0.3) is 0 Å². The number of aromatic nitrogens is 1. The number of aliphatic hydroxyl groups excluding tert-OH is 2. The molecule has 0 unspecified atom stereocenters. The van der Waals surface area contributed by atoms with Crippen molar-refractivity contribution in [2.75, 3.05) is 25.2 Å². The third kappa shape index (κ3) is 5.48. The molecule has 0 aliphatic heterocycles. The molecule has 146 valence electrons. The van der Waals surface area contributed by atoms with Crippen LogP contribution in [0.2, 0.25) is 0 Å². The maximum absolute atomic E-state index is 14.1. The van der Waals surface area contributed by atoms with Gasteiger partial charge in [0, 0.05) is 23.2 Å². The van der Waals surface area contributed by atoms with Gasteiger partial charge in [0.15, 0.2) is 5.78 Å². The third-order valence-electron chi connectivity index (χ3n) is 3.53. The summed E-state index contributed by atoms with van der Waals surface area (Å²) in [5, 5.41) is 18.6. The number of benzene rings is 1. The van der Waals surface area contributed by atoms with Gasteiger partial charge in [0.2, 0.25) is 0 Å². The highest BCUT2D eigenvalue weighted by Gasteiger charge is 2.22. The highest BCUT2D eigenvalue weighted by Crippen LogP contribution is 2.19. The summed E-state index contributed by atoms with van der Waals surface area (Å²) in [6, 6.07) is 5.74. The zero-order valence-corrected chi connectivity index (χ0v) is 16.6. The van der Waals surface area contributed by atoms with E-state index in [1.165, 1.54) is 29.0 Å². The van der Waals surface area contributed by atoms with Crippen molar-refractivity contribution in [2.45, 2.75) is 6.42 Å². The topological polar surface area (TPSA) is 104 Å². The van der Waals surface area contributed by atoms with E-state index in [4.69, 9.17) is 15.1 Å². The first-order valence-electron chi connectivity index (χ1n) is 7.97. The average molecular weight is 491 g/mol. The van der Waals surface area contributed by atoms with E-state index >= 15 is 0 Å². The predicted octanol–water partition coefficient (Wildman–Crippen LogP) is 1.73. The minimum absolute atomic E-state index is 0.00853. The number of carbonyl (C=O) groups is 2. The van der Waals surface area contributed by atoms with Gasteiger partial charge >= 0.3 is 0 Å². The first-order valence-corrected chi connectivity index (χ1v) is 9.05. The number of nitrogens with one attached hydrogen (secondary N) is 1. The van der Waals surface area contributed by atoms with Crippen LogP contribution in [-0.4, -0.2) is 51.5 Å². The zero-order valence-electron chi connectivity index (χ0n) is 14.5. The number of nitrogens with zero attached hydrogens (tertiary/aromatic N) is 2. The molecule has 0 atom stereocenters. The molecule has 0 aliphatic rings. The van der Waals surface area contributed by atoms with E-state index in [1.54, 1.807) is 13.1 Å². The van der Waals surface area contributed by atoms with Gasteiger partial charge < -0.3 is 14.8 Å². The number of amides is 1. The third-order valence-corrected chi connectivity index (χ3v) is 4.20. The molecular weight excluding hydrogens is 472 g/mol. The molecule has 0 saturated carbocycles. The molecule has 1 aromatic carbocycles. The molecule has 2 rings (SSSR count). The summed E-state index contributed by atoms with van der Waals surface area (Å²) < 4.78 is 16.2. The Kier molecular flexibility index (Phi) is 7.71. The Hall–Kier alpha value is -2.02.